The van der Waals surface area contributed by atoms with Crippen molar-refractivity contribution < 1.29 is 14.3 Å². The van der Waals surface area contributed by atoms with Crippen molar-refractivity contribution in [1.29, 1.82) is 0 Å². The van der Waals surface area contributed by atoms with E-state index in [0.29, 0.717) is 12.0 Å². The van der Waals surface area contributed by atoms with Crippen LogP contribution in [-0.4, -0.2) is 50.8 Å². The van der Waals surface area contributed by atoms with E-state index in [1.165, 1.54) is 7.11 Å². The van der Waals surface area contributed by atoms with Gasteiger partial charge in [-0.15, -0.1) is 0 Å². The van der Waals surface area contributed by atoms with Gasteiger partial charge in [-0.2, -0.15) is 0 Å². The van der Waals surface area contributed by atoms with Crippen LogP contribution in [0.2, 0.25) is 0 Å². The summed E-state index contributed by atoms with van der Waals surface area (Å²) >= 11 is 0. The van der Waals surface area contributed by atoms with E-state index in [1.54, 1.807) is 7.11 Å². The molecule has 0 amide bonds. The minimum atomic E-state index is -0.0291. The highest BCUT2D eigenvalue weighted by Gasteiger charge is 2.28. The zero-order valence-corrected chi connectivity index (χ0v) is 12.9. The molecule has 0 aromatic heterocycles. The van der Waals surface area contributed by atoms with Gasteiger partial charge in [0, 0.05) is 26.2 Å². The Morgan fingerprint density at radius 3 is 2.32 bits per heavy atom. The number of hydrogen-bond donors (Lipinski definition) is 0. The van der Waals surface area contributed by atoms with Crippen molar-refractivity contribution in [3.05, 3.63) is 0 Å². The minimum Gasteiger partial charge on any atom is -0.469 e. The molecular weight excluding hydrogens is 242 g/mol. The SMILES string of the molecule is COCCN(C[C@H]1CC[C@H](C(=O)OC)CC1)C(C)C. The molecule has 4 heteroatoms. The van der Waals surface area contributed by atoms with E-state index >= 15 is 0 Å². The van der Waals surface area contributed by atoms with Crippen LogP contribution in [0.3, 0.4) is 0 Å². The van der Waals surface area contributed by atoms with Gasteiger partial charge in [0.2, 0.25) is 0 Å². The lowest BCUT2D eigenvalue weighted by atomic mass is 9.81. The molecule has 1 aliphatic carbocycles. The molecule has 1 rings (SSSR count). The van der Waals surface area contributed by atoms with Crippen LogP contribution in [0.4, 0.5) is 0 Å². The van der Waals surface area contributed by atoms with Gasteiger partial charge in [-0.05, 0) is 45.4 Å². The average Bonchev–Trinajstić information content (AvgIpc) is 2.43. The summed E-state index contributed by atoms with van der Waals surface area (Å²) in [5.74, 6) is 0.812. The Hall–Kier alpha value is -0.610. The molecule has 0 unspecified atom stereocenters. The number of ether oxygens (including phenoxy) is 2. The lowest BCUT2D eigenvalue weighted by Crippen LogP contribution is -2.39. The van der Waals surface area contributed by atoms with E-state index < -0.39 is 0 Å². The summed E-state index contributed by atoms with van der Waals surface area (Å²) in [5.41, 5.74) is 0. The summed E-state index contributed by atoms with van der Waals surface area (Å²) in [7, 11) is 3.24. The van der Waals surface area contributed by atoms with Crippen molar-refractivity contribution >= 4 is 5.97 Å². The van der Waals surface area contributed by atoms with E-state index in [0.717, 1.165) is 45.4 Å². The fourth-order valence-electron chi connectivity index (χ4n) is 2.85. The molecule has 0 aromatic carbocycles. The van der Waals surface area contributed by atoms with Crippen molar-refractivity contribution in [2.24, 2.45) is 11.8 Å². The van der Waals surface area contributed by atoms with E-state index in [4.69, 9.17) is 9.47 Å². The van der Waals surface area contributed by atoms with Crippen molar-refractivity contribution in [2.45, 2.75) is 45.6 Å². The third-order valence-electron chi connectivity index (χ3n) is 4.19. The average molecular weight is 271 g/mol. The number of carbonyl (C=O) groups excluding carboxylic acids is 1. The molecule has 0 spiro atoms. The highest BCUT2D eigenvalue weighted by Crippen LogP contribution is 2.30. The molecule has 0 aromatic rings. The molecule has 0 saturated heterocycles. The maximum Gasteiger partial charge on any atom is 0.308 e. The number of carbonyl (C=O) groups is 1. The maximum atomic E-state index is 11.5. The highest BCUT2D eigenvalue weighted by molar-refractivity contribution is 5.72. The standard InChI is InChI=1S/C15H29NO3/c1-12(2)16(9-10-18-3)11-13-5-7-14(8-6-13)15(17)19-4/h12-14H,5-11H2,1-4H3/t13-,14-. The molecule has 112 valence electrons. The Kier molecular flexibility index (Phi) is 7.39. The summed E-state index contributed by atoms with van der Waals surface area (Å²) < 4.78 is 10.0. The fraction of sp³-hybridized carbons (Fsp3) is 0.933. The molecule has 0 radical (unpaired) electrons. The number of esters is 1. The highest BCUT2D eigenvalue weighted by atomic mass is 16.5. The normalized spacial score (nSPS) is 23.9. The van der Waals surface area contributed by atoms with E-state index in [1.807, 2.05) is 0 Å². The summed E-state index contributed by atoms with van der Waals surface area (Å²) in [4.78, 5) is 14.0. The molecule has 1 aliphatic rings. The van der Waals surface area contributed by atoms with Crippen molar-refractivity contribution in [3.8, 4) is 0 Å². The zero-order valence-electron chi connectivity index (χ0n) is 12.9. The van der Waals surface area contributed by atoms with Gasteiger partial charge in [-0.25, -0.2) is 0 Å². The molecule has 4 nitrogen and oxygen atoms in total. The summed E-state index contributed by atoms with van der Waals surface area (Å²) in [5, 5.41) is 0. The second-order valence-corrected chi connectivity index (χ2v) is 5.82. The van der Waals surface area contributed by atoms with Gasteiger partial charge in [0.1, 0.15) is 0 Å². The molecule has 0 atom stereocenters. The molecule has 0 heterocycles. The lowest BCUT2D eigenvalue weighted by Gasteiger charge is -2.33. The quantitative estimate of drug-likeness (QED) is 0.666. The molecule has 1 saturated carbocycles. The van der Waals surface area contributed by atoms with Crippen molar-refractivity contribution in [3.63, 3.8) is 0 Å². The predicted octanol–water partition coefficient (Wildman–Crippen LogP) is 2.32. The summed E-state index contributed by atoms with van der Waals surface area (Å²) in [6, 6.07) is 0.550. The van der Waals surface area contributed by atoms with Crippen LogP contribution in [0, 0.1) is 11.8 Å². The fourth-order valence-corrected chi connectivity index (χ4v) is 2.85. The number of rotatable bonds is 7. The van der Waals surface area contributed by atoms with Crippen LogP contribution < -0.4 is 0 Å². The van der Waals surface area contributed by atoms with Gasteiger partial charge in [-0.3, -0.25) is 9.69 Å². The smallest absolute Gasteiger partial charge is 0.308 e. The lowest BCUT2D eigenvalue weighted by molar-refractivity contribution is -0.146. The number of methoxy groups -OCH3 is 2. The maximum absolute atomic E-state index is 11.5. The van der Waals surface area contributed by atoms with Crippen molar-refractivity contribution in [1.82, 2.24) is 4.90 Å². The monoisotopic (exact) mass is 271 g/mol. The largest absolute Gasteiger partial charge is 0.469 e. The van der Waals surface area contributed by atoms with Gasteiger partial charge in [0.05, 0.1) is 19.6 Å². The molecule has 19 heavy (non-hydrogen) atoms. The van der Waals surface area contributed by atoms with Crippen molar-refractivity contribution in [2.75, 3.05) is 33.9 Å². The third-order valence-corrected chi connectivity index (χ3v) is 4.19. The summed E-state index contributed by atoms with van der Waals surface area (Å²) in [6.45, 7) is 7.36. The summed E-state index contributed by atoms with van der Waals surface area (Å²) in [6.07, 6.45) is 4.23. The second-order valence-electron chi connectivity index (χ2n) is 5.82. The Morgan fingerprint density at radius 2 is 1.84 bits per heavy atom. The molecule has 0 N–H and O–H groups in total. The number of hydrogen-bond acceptors (Lipinski definition) is 4. The van der Waals surface area contributed by atoms with Gasteiger partial charge in [0.25, 0.3) is 0 Å². The van der Waals surface area contributed by atoms with Crippen LogP contribution in [0.1, 0.15) is 39.5 Å². The molecule has 0 bridgehead atoms. The first-order valence-electron chi connectivity index (χ1n) is 7.39. The molecular formula is C15H29NO3. The van der Waals surface area contributed by atoms with Crippen LogP contribution in [-0.2, 0) is 14.3 Å². The van der Waals surface area contributed by atoms with Crippen LogP contribution in [0.5, 0.6) is 0 Å². The van der Waals surface area contributed by atoms with Gasteiger partial charge in [-0.1, -0.05) is 0 Å². The second kappa shape index (κ2) is 8.54. The predicted molar refractivity (Wildman–Crippen MR) is 76.0 cm³/mol. The van der Waals surface area contributed by atoms with Gasteiger partial charge in [0.15, 0.2) is 0 Å². The minimum absolute atomic E-state index is 0.0291. The first-order chi connectivity index (χ1) is 9.08. The topological polar surface area (TPSA) is 38.8 Å². The molecule has 0 aliphatic heterocycles. The zero-order chi connectivity index (χ0) is 14.3. The van der Waals surface area contributed by atoms with Crippen LogP contribution in [0.25, 0.3) is 0 Å². The van der Waals surface area contributed by atoms with E-state index in [2.05, 4.69) is 18.7 Å². The Bertz CT molecular complexity index is 260. The third kappa shape index (κ3) is 5.49. The van der Waals surface area contributed by atoms with Crippen LogP contribution in [0.15, 0.2) is 0 Å². The van der Waals surface area contributed by atoms with E-state index in [9.17, 15) is 4.79 Å². The van der Waals surface area contributed by atoms with Gasteiger partial charge < -0.3 is 9.47 Å². The van der Waals surface area contributed by atoms with Crippen LogP contribution >= 0.6 is 0 Å². The Balaban J connectivity index is 2.35. The number of nitrogens with zero attached hydrogens (tertiary/aromatic N) is 1. The first kappa shape index (κ1) is 16.4. The first-order valence-corrected chi connectivity index (χ1v) is 7.39. The Labute approximate surface area is 117 Å². The Morgan fingerprint density at radius 1 is 1.21 bits per heavy atom. The van der Waals surface area contributed by atoms with Gasteiger partial charge >= 0.3 is 5.97 Å². The van der Waals surface area contributed by atoms with E-state index in [-0.39, 0.29) is 11.9 Å². The molecule has 1 fully saturated rings.